The van der Waals surface area contributed by atoms with Gasteiger partial charge in [-0.3, -0.25) is 0 Å². The number of carboxylic acid groups (broad SMARTS) is 1. The van der Waals surface area contributed by atoms with Crippen LogP contribution in [-0.2, 0) is 14.6 Å². The Hall–Kier alpha value is -1.31. The first-order valence-corrected chi connectivity index (χ1v) is 9.09. The van der Waals surface area contributed by atoms with E-state index in [0.717, 1.165) is 12.8 Å². The molecule has 0 spiro atoms. The summed E-state index contributed by atoms with van der Waals surface area (Å²) >= 11 is 0. The minimum Gasteiger partial charge on any atom is -0.480 e. The van der Waals surface area contributed by atoms with Crippen molar-refractivity contribution in [2.75, 3.05) is 18.1 Å². The van der Waals surface area contributed by atoms with Crippen LogP contribution in [0.3, 0.4) is 0 Å². The Morgan fingerprint density at radius 3 is 2.43 bits per heavy atom. The van der Waals surface area contributed by atoms with Crippen molar-refractivity contribution in [2.24, 2.45) is 0 Å². The summed E-state index contributed by atoms with van der Waals surface area (Å²) in [4.78, 5) is 25.2. The van der Waals surface area contributed by atoms with E-state index in [1.54, 1.807) is 6.92 Å². The maximum Gasteiger partial charge on any atom is 0.329 e. The molecule has 8 heteroatoms. The van der Waals surface area contributed by atoms with Gasteiger partial charge in [0, 0.05) is 12.6 Å². The SMILES string of the molecule is CC1(C(=O)O)CCCCN1C(=O)NC1CCS(=O)(=O)CC1. The summed E-state index contributed by atoms with van der Waals surface area (Å²) in [5.41, 5.74) is -1.18. The van der Waals surface area contributed by atoms with E-state index >= 15 is 0 Å². The van der Waals surface area contributed by atoms with Gasteiger partial charge in [-0.15, -0.1) is 0 Å². The lowest BCUT2D eigenvalue weighted by Crippen LogP contribution is -2.61. The number of likely N-dealkylation sites (tertiary alicyclic amines) is 1. The molecule has 2 rings (SSSR count). The van der Waals surface area contributed by atoms with E-state index < -0.39 is 27.4 Å². The Morgan fingerprint density at radius 1 is 1.24 bits per heavy atom. The molecule has 0 aromatic heterocycles. The minimum absolute atomic E-state index is 0.0775. The third-order valence-corrected chi connectivity index (χ3v) is 6.19. The van der Waals surface area contributed by atoms with Gasteiger partial charge in [0.2, 0.25) is 0 Å². The van der Waals surface area contributed by atoms with Crippen molar-refractivity contribution in [3.63, 3.8) is 0 Å². The number of amides is 2. The van der Waals surface area contributed by atoms with E-state index in [-0.39, 0.29) is 17.5 Å². The second kappa shape index (κ2) is 5.82. The predicted octanol–water partition coefficient (Wildman–Crippen LogP) is 0.602. The number of carbonyl (C=O) groups is 2. The number of hydrogen-bond donors (Lipinski definition) is 2. The lowest BCUT2D eigenvalue weighted by molar-refractivity contribution is -0.150. The third-order valence-electron chi connectivity index (χ3n) is 4.48. The largest absolute Gasteiger partial charge is 0.480 e. The van der Waals surface area contributed by atoms with Crippen LogP contribution < -0.4 is 5.32 Å². The highest BCUT2D eigenvalue weighted by Crippen LogP contribution is 2.28. The van der Waals surface area contributed by atoms with Crippen molar-refractivity contribution in [1.29, 1.82) is 0 Å². The maximum atomic E-state index is 12.3. The fraction of sp³-hybridized carbons (Fsp3) is 0.846. The van der Waals surface area contributed by atoms with E-state index in [2.05, 4.69) is 5.32 Å². The normalized spacial score (nSPS) is 29.9. The molecular weight excluding hydrogens is 296 g/mol. The minimum atomic E-state index is -2.97. The lowest BCUT2D eigenvalue weighted by Gasteiger charge is -2.42. The van der Waals surface area contributed by atoms with Gasteiger partial charge >= 0.3 is 12.0 Å². The zero-order valence-corrected chi connectivity index (χ0v) is 13.0. The molecule has 7 nitrogen and oxygen atoms in total. The molecule has 2 aliphatic heterocycles. The number of aliphatic carboxylic acids is 1. The summed E-state index contributed by atoms with van der Waals surface area (Å²) in [5.74, 6) is -0.842. The topological polar surface area (TPSA) is 104 Å². The molecule has 2 aliphatic rings. The summed E-state index contributed by atoms with van der Waals surface area (Å²) < 4.78 is 22.8. The first-order valence-electron chi connectivity index (χ1n) is 7.26. The molecule has 0 saturated carbocycles. The van der Waals surface area contributed by atoms with Crippen molar-refractivity contribution in [1.82, 2.24) is 10.2 Å². The number of carbonyl (C=O) groups excluding carboxylic acids is 1. The summed E-state index contributed by atoms with van der Waals surface area (Å²) in [6, 6.07) is -0.593. The van der Waals surface area contributed by atoms with E-state index in [9.17, 15) is 23.1 Å². The number of hydrogen-bond acceptors (Lipinski definition) is 4. The second-order valence-corrected chi connectivity index (χ2v) is 8.37. The molecule has 2 fully saturated rings. The van der Waals surface area contributed by atoms with Crippen LogP contribution in [-0.4, -0.2) is 60.1 Å². The zero-order chi connectivity index (χ0) is 15.7. The van der Waals surface area contributed by atoms with Crippen LogP contribution in [0.15, 0.2) is 0 Å². The van der Waals surface area contributed by atoms with Crippen LogP contribution in [0.1, 0.15) is 39.0 Å². The summed E-state index contributed by atoms with van der Waals surface area (Å²) in [6.45, 7) is 1.99. The van der Waals surface area contributed by atoms with Gasteiger partial charge in [-0.05, 0) is 39.0 Å². The molecule has 2 heterocycles. The number of sulfone groups is 1. The second-order valence-electron chi connectivity index (χ2n) is 6.06. The van der Waals surface area contributed by atoms with Gasteiger partial charge in [0.25, 0.3) is 0 Å². The highest BCUT2D eigenvalue weighted by atomic mass is 32.2. The van der Waals surface area contributed by atoms with Gasteiger partial charge in [-0.25, -0.2) is 18.0 Å². The lowest BCUT2D eigenvalue weighted by atomic mass is 9.89. The number of piperidine rings is 1. The van der Waals surface area contributed by atoms with Crippen LogP contribution >= 0.6 is 0 Å². The Bertz CT molecular complexity index is 519. The van der Waals surface area contributed by atoms with E-state index in [1.807, 2.05) is 0 Å². The highest BCUT2D eigenvalue weighted by molar-refractivity contribution is 7.91. The molecule has 2 saturated heterocycles. The molecular formula is C13H22N2O5S. The van der Waals surface area contributed by atoms with Crippen LogP contribution in [0.4, 0.5) is 4.79 Å². The molecule has 21 heavy (non-hydrogen) atoms. The van der Waals surface area contributed by atoms with Crippen molar-refractivity contribution >= 4 is 21.8 Å². The number of carboxylic acids is 1. The van der Waals surface area contributed by atoms with E-state index in [4.69, 9.17) is 0 Å². The first-order chi connectivity index (χ1) is 9.74. The van der Waals surface area contributed by atoms with Crippen LogP contribution in [0, 0.1) is 0 Å². The molecule has 0 aromatic carbocycles. The average molecular weight is 318 g/mol. The average Bonchev–Trinajstić information content (AvgIpc) is 2.41. The summed E-state index contributed by atoms with van der Waals surface area (Å²) in [5, 5.41) is 12.2. The number of rotatable bonds is 2. The Morgan fingerprint density at radius 2 is 1.86 bits per heavy atom. The number of urea groups is 1. The van der Waals surface area contributed by atoms with Crippen LogP contribution in [0.2, 0.25) is 0 Å². The monoisotopic (exact) mass is 318 g/mol. The fourth-order valence-corrected chi connectivity index (χ4v) is 4.45. The highest BCUT2D eigenvalue weighted by Gasteiger charge is 2.44. The van der Waals surface area contributed by atoms with Crippen molar-refractivity contribution in [3.05, 3.63) is 0 Å². The molecule has 1 atom stereocenters. The molecule has 2 amide bonds. The summed E-state index contributed by atoms with van der Waals surface area (Å²) in [6.07, 6.45) is 2.80. The first kappa shape index (κ1) is 16.1. The smallest absolute Gasteiger partial charge is 0.329 e. The Labute approximate surface area is 124 Å². The van der Waals surface area contributed by atoms with Gasteiger partial charge in [0.15, 0.2) is 0 Å². The molecule has 2 N–H and O–H groups in total. The Kier molecular flexibility index (Phi) is 4.46. The standard InChI is InChI=1S/C13H22N2O5S/c1-13(11(16)17)6-2-3-7-15(13)12(18)14-10-4-8-21(19,20)9-5-10/h10H,2-9H2,1H3,(H,14,18)(H,16,17). The fourth-order valence-electron chi connectivity index (χ4n) is 2.96. The zero-order valence-electron chi connectivity index (χ0n) is 12.2. The molecule has 120 valence electrons. The molecule has 0 aromatic rings. The predicted molar refractivity (Wildman–Crippen MR) is 76.8 cm³/mol. The van der Waals surface area contributed by atoms with Gasteiger partial charge in [0.05, 0.1) is 11.5 Å². The maximum absolute atomic E-state index is 12.3. The van der Waals surface area contributed by atoms with Crippen molar-refractivity contribution in [2.45, 2.75) is 50.6 Å². The van der Waals surface area contributed by atoms with Gasteiger partial charge in [-0.1, -0.05) is 0 Å². The third kappa shape index (κ3) is 3.48. The van der Waals surface area contributed by atoms with E-state index in [0.29, 0.717) is 25.8 Å². The number of nitrogens with zero attached hydrogens (tertiary/aromatic N) is 1. The molecule has 1 unspecified atom stereocenters. The van der Waals surface area contributed by atoms with Gasteiger partial charge in [-0.2, -0.15) is 0 Å². The molecule has 0 aliphatic carbocycles. The van der Waals surface area contributed by atoms with Gasteiger partial charge in [0.1, 0.15) is 15.4 Å². The number of nitrogens with one attached hydrogen (secondary N) is 1. The molecule has 0 radical (unpaired) electrons. The van der Waals surface area contributed by atoms with Gasteiger partial charge < -0.3 is 15.3 Å². The van der Waals surface area contributed by atoms with E-state index in [1.165, 1.54) is 4.90 Å². The van der Waals surface area contributed by atoms with Crippen LogP contribution in [0.25, 0.3) is 0 Å². The molecule has 0 bridgehead atoms. The van der Waals surface area contributed by atoms with Crippen LogP contribution in [0.5, 0.6) is 0 Å². The van der Waals surface area contributed by atoms with Crippen molar-refractivity contribution in [3.8, 4) is 0 Å². The quantitative estimate of drug-likeness (QED) is 0.776. The van der Waals surface area contributed by atoms with Crippen molar-refractivity contribution < 1.29 is 23.1 Å². The Balaban J connectivity index is 2.00. The summed E-state index contributed by atoms with van der Waals surface area (Å²) in [7, 11) is -2.97.